The highest BCUT2D eigenvalue weighted by atomic mass is 79.9. The van der Waals surface area contributed by atoms with Crippen LogP contribution < -0.4 is 0 Å². The van der Waals surface area contributed by atoms with Gasteiger partial charge in [-0.15, -0.1) is 0 Å². The van der Waals surface area contributed by atoms with Crippen molar-refractivity contribution < 1.29 is 13.6 Å². The van der Waals surface area contributed by atoms with Gasteiger partial charge in [0.25, 0.3) is 6.43 Å². The van der Waals surface area contributed by atoms with E-state index in [9.17, 15) is 13.6 Å². The maximum atomic E-state index is 11.8. The van der Waals surface area contributed by atoms with Crippen molar-refractivity contribution in [1.29, 1.82) is 0 Å². The molecule has 76 valence electrons. The number of benzene rings is 1. The van der Waals surface area contributed by atoms with Gasteiger partial charge in [0.05, 0.1) is 0 Å². The van der Waals surface area contributed by atoms with Crippen LogP contribution in [0, 0.1) is 0 Å². The van der Waals surface area contributed by atoms with Crippen LogP contribution in [0.15, 0.2) is 28.7 Å². The molecule has 14 heavy (non-hydrogen) atoms. The molecule has 0 aliphatic carbocycles. The fourth-order valence-electron chi connectivity index (χ4n) is 1.03. The van der Waals surface area contributed by atoms with Crippen molar-refractivity contribution in [2.24, 2.45) is 0 Å². The molecular formula is C10H9BrF2O. The summed E-state index contributed by atoms with van der Waals surface area (Å²) in [5.74, 6) is -0.993. The summed E-state index contributed by atoms with van der Waals surface area (Å²) in [6.07, 6.45) is -2.57. The lowest BCUT2D eigenvalue weighted by Gasteiger charge is -2.00. The van der Waals surface area contributed by atoms with Gasteiger partial charge >= 0.3 is 0 Å². The van der Waals surface area contributed by atoms with Crippen LogP contribution >= 0.6 is 15.9 Å². The van der Waals surface area contributed by atoms with Crippen molar-refractivity contribution in [1.82, 2.24) is 0 Å². The lowest BCUT2D eigenvalue weighted by molar-refractivity contribution is -0.129. The minimum Gasteiger partial charge on any atom is -0.293 e. The monoisotopic (exact) mass is 262 g/mol. The first kappa shape index (κ1) is 11.3. The van der Waals surface area contributed by atoms with E-state index in [1.54, 1.807) is 0 Å². The first-order valence-corrected chi connectivity index (χ1v) is 4.94. The van der Waals surface area contributed by atoms with Crippen LogP contribution in [0.4, 0.5) is 8.78 Å². The first-order chi connectivity index (χ1) is 6.59. The molecule has 0 saturated carbocycles. The summed E-state index contributed by atoms with van der Waals surface area (Å²) < 4.78 is 24.6. The van der Waals surface area contributed by atoms with Crippen molar-refractivity contribution in [3.63, 3.8) is 0 Å². The molecule has 0 radical (unpaired) electrons. The summed E-state index contributed by atoms with van der Waals surface area (Å²) in [5, 5.41) is 0. The molecule has 0 unspecified atom stereocenters. The minimum absolute atomic E-state index is 0.0979. The molecule has 0 fully saturated rings. The molecule has 1 nitrogen and oxygen atoms in total. The number of halogens is 3. The Kier molecular flexibility index (Phi) is 4.20. The average molecular weight is 263 g/mol. The third-order valence-electron chi connectivity index (χ3n) is 1.82. The summed E-state index contributed by atoms with van der Waals surface area (Å²) in [6.45, 7) is 0. The number of carbonyl (C=O) groups is 1. The van der Waals surface area contributed by atoms with E-state index in [4.69, 9.17) is 0 Å². The molecule has 1 rings (SSSR count). The second-order valence-corrected chi connectivity index (χ2v) is 3.81. The van der Waals surface area contributed by atoms with Crippen molar-refractivity contribution >= 4 is 21.7 Å². The molecule has 0 spiro atoms. The van der Waals surface area contributed by atoms with Crippen LogP contribution in [0.3, 0.4) is 0 Å². The van der Waals surface area contributed by atoms with Crippen LogP contribution in [-0.2, 0) is 11.2 Å². The molecule has 0 atom stereocenters. The van der Waals surface area contributed by atoms with E-state index in [1.807, 2.05) is 24.3 Å². The Morgan fingerprint density at radius 3 is 2.36 bits per heavy atom. The summed E-state index contributed by atoms with van der Waals surface area (Å²) in [4.78, 5) is 10.6. The number of alkyl halides is 2. The SMILES string of the molecule is O=C(CCc1ccc(Br)cc1)C(F)F. The number of hydrogen-bond donors (Lipinski definition) is 0. The normalized spacial score (nSPS) is 10.6. The molecule has 0 aromatic heterocycles. The summed E-state index contributed by atoms with van der Waals surface area (Å²) in [5.41, 5.74) is 0.891. The average Bonchev–Trinajstić information content (AvgIpc) is 2.16. The zero-order valence-corrected chi connectivity index (χ0v) is 8.93. The number of aryl methyl sites for hydroxylation is 1. The molecule has 1 aromatic rings. The standard InChI is InChI=1S/C10H9BrF2O/c11-8-4-1-7(2-5-8)3-6-9(14)10(12)13/h1-2,4-5,10H,3,6H2. The molecule has 0 heterocycles. The Morgan fingerprint density at radius 2 is 1.86 bits per heavy atom. The van der Waals surface area contributed by atoms with Crippen LogP contribution in [0.1, 0.15) is 12.0 Å². The zero-order valence-electron chi connectivity index (χ0n) is 7.34. The molecule has 4 heteroatoms. The fraction of sp³-hybridized carbons (Fsp3) is 0.300. The van der Waals surface area contributed by atoms with Crippen LogP contribution in [-0.4, -0.2) is 12.2 Å². The molecule has 0 aliphatic rings. The Morgan fingerprint density at radius 1 is 1.29 bits per heavy atom. The Balaban J connectivity index is 2.46. The second kappa shape index (κ2) is 5.20. The van der Waals surface area contributed by atoms with Crippen molar-refractivity contribution in [3.05, 3.63) is 34.3 Å². The second-order valence-electron chi connectivity index (χ2n) is 2.89. The largest absolute Gasteiger partial charge is 0.295 e. The molecular weight excluding hydrogens is 254 g/mol. The van der Waals surface area contributed by atoms with E-state index >= 15 is 0 Å². The van der Waals surface area contributed by atoms with Crippen molar-refractivity contribution in [2.75, 3.05) is 0 Å². The van der Waals surface area contributed by atoms with Gasteiger partial charge in [-0.05, 0) is 24.1 Å². The smallest absolute Gasteiger partial charge is 0.293 e. The Labute approximate surface area is 89.3 Å². The number of ketones is 1. The van der Waals surface area contributed by atoms with Crippen LogP contribution in [0.5, 0.6) is 0 Å². The van der Waals surface area contributed by atoms with Gasteiger partial charge in [-0.1, -0.05) is 28.1 Å². The highest BCUT2D eigenvalue weighted by Gasteiger charge is 2.14. The van der Waals surface area contributed by atoms with E-state index in [-0.39, 0.29) is 6.42 Å². The quantitative estimate of drug-likeness (QED) is 0.815. The number of Topliss-reactive ketones (excluding diaryl/α,β-unsaturated/α-hetero) is 1. The number of carbonyl (C=O) groups excluding carboxylic acids is 1. The maximum Gasteiger partial charge on any atom is 0.295 e. The van der Waals surface area contributed by atoms with Gasteiger partial charge in [0.15, 0.2) is 5.78 Å². The third-order valence-corrected chi connectivity index (χ3v) is 2.35. The van der Waals surface area contributed by atoms with Gasteiger partial charge in [0.2, 0.25) is 0 Å². The number of hydrogen-bond acceptors (Lipinski definition) is 1. The minimum atomic E-state index is -2.84. The predicted octanol–water partition coefficient (Wildman–Crippen LogP) is 3.22. The summed E-state index contributed by atoms with van der Waals surface area (Å²) in [7, 11) is 0. The maximum absolute atomic E-state index is 11.8. The topological polar surface area (TPSA) is 17.1 Å². The Bertz CT molecular complexity index is 308. The molecule has 0 amide bonds. The predicted molar refractivity (Wildman–Crippen MR) is 53.5 cm³/mol. The molecule has 0 saturated heterocycles. The van der Waals surface area contributed by atoms with E-state index in [0.29, 0.717) is 6.42 Å². The third kappa shape index (κ3) is 3.54. The lowest BCUT2D eigenvalue weighted by Crippen LogP contribution is -2.10. The van der Waals surface area contributed by atoms with Gasteiger partial charge in [-0.3, -0.25) is 4.79 Å². The highest BCUT2D eigenvalue weighted by molar-refractivity contribution is 9.10. The molecule has 1 aromatic carbocycles. The highest BCUT2D eigenvalue weighted by Crippen LogP contribution is 2.12. The van der Waals surface area contributed by atoms with E-state index in [2.05, 4.69) is 15.9 Å². The summed E-state index contributed by atoms with van der Waals surface area (Å²) >= 11 is 3.26. The molecule has 0 bridgehead atoms. The van der Waals surface area contributed by atoms with Crippen LogP contribution in [0.2, 0.25) is 0 Å². The lowest BCUT2D eigenvalue weighted by atomic mass is 10.1. The van der Waals surface area contributed by atoms with E-state index in [1.165, 1.54) is 0 Å². The fourth-order valence-corrected chi connectivity index (χ4v) is 1.29. The Hall–Kier alpha value is -0.770. The van der Waals surface area contributed by atoms with Crippen molar-refractivity contribution in [3.8, 4) is 0 Å². The van der Waals surface area contributed by atoms with E-state index in [0.717, 1.165) is 10.0 Å². The van der Waals surface area contributed by atoms with Crippen LogP contribution in [0.25, 0.3) is 0 Å². The van der Waals surface area contributed by atoms with Gasteiger partial charge in [-0.25, -0.2) is 8.78 Å². The van der Waals surface area contributed by atoms with Gasteiger partial charge in [0.1, 0.15) is 0 Å². The van der Waals surface area contributed by atoms with E-state index < -0.39 is 12.2 Å². The van der Waals surface area contributed by atoms with Gasteiger partial charge < -0.3 is 0 Å². The van der Waals surface area contributed by atoms with Crippen molar-refractivity contribution in [2.45, 2.75) is 19.3 Å². The van der Waals surface area contributed by atoms with Gasteiger partial charge in [-0.2, -0.15) is 0 Å². The molecule has 0 N–H and O–H groups in total. The first-order valence-electron chi connectivity index (χ1n) is 4.15. The summed E-state index contributed by atoms with van der Waals surface area (Å²) in [6, 6.07) is 7.26. The van der Waals surface area contributed by atoms with Gasteiger partial charge in [0, 0.05) is 10.9 Å². The zero-order chi connectivity index (χ0) is 10.6. The molecule has 0 aliphatic heterocycles. The number of rotatable bonds is 4.